The van der Waals surface area contributed by atoms with E-state index in [-0.39, 0.29) is 24.8 Å². The average Bonchev–Trinajstić information content (AvgIpc) is 2.52. The van der Waals surface area contributed by atoms with Crippen molar-refractivity contribution in [1.29, 1.82) is 0 Å². The van der Waals surface area contributed by atoms with Gasteiger partial charge in [0, 0.05) is 30.7 Å². The third-order valence-corrected chi connectivity index (χ3v) is 3.27. The molecule has 1 atom stereocenters. The number of carboxylic acid groups (broad SMARTS) is 1. The number of ether oxygens (including phenoxy) is 1. The third-order valence-electron chi connectivity index (χ3n) is 3.02. The van der Waals surface area contributed by atoms with Crippen molar-refractivity contribution in [2.75, 3.05) is 20.2 Å². The standard InChI is InChI=1S/C15H19ClN2O5/c1-23-12(15(21)22)9-18-13(19)3-2-8-17-14(20)10-4-6-11(16)7-5-10/h4-7,12H,2-3,8-9H2,1H3,(H,17,20)(H,18,19)(H,21,22). The van der Waals surface area contributed by atoms with E-state index in [1.54, 1.807) is 24.3 Å². The van der Waals surface area contributed by atoms with E-state index in [2.05, 4.69) is 10.6 Å². The van der Waals surface area contributed by atoms with Gasteiger partial charge in [-0.25, -0.2) is 4.79 Å². The number of halogens is 1. The number of carboxylic acids is 1. The summed E-state index contributed by atoms with van der Waals surface area (Å²) in [4.78, 5) is 34.0. The maximum Gasteiger partial charge on any atom is 0.334 e. The molecular weight excluding hydrogens is 324 g/mol. The number of amides is 2. The first-order chi connectivity index (χ1) is 10.9. The highest BCUT2D eigenvalue weighted by Gasteiger charge is 2.16. The Kier molecular flexibility index (Phi) is 8.07. The Labute approximate surface area is 139 Å². The molecule has 7 nitrogen and oxygen atoms in total. The molecule has 0 bridgehead atoms. The lowest BCUT2D eigenvalue weighted by molar-refractivity contribution is -0.148. The van der Waals surface area contributed by atoms with Gasteiger partial charge >= 0.3 is 5.97 Å². The molecule has 126 valence electrons. The van der Waals surface area contributed by atoms with E-state index in [9.17, 15) is 14.4 Å². The summed E-state index contributed by atoms with van der Waals surface area (Å²) in [5.41, 5.74) is 0.489. The van der Waals surface area contributed by atoms with E-state index in [1.165, 1.54) is 7.11 Å². The number of carbonyl (C=O) groups excluding carboxylic acids is 2. The Morgan fingerprint density at radius 1 is 1.22 bits per heavy atom. The molecule has 0 aromatic heterocycles. The molecule has 0 spiro atoms. The lowest BCUT2D eigenvalue weighted by atomic mass is 10.2. The van der Waals surface area contributed by atoms with Crippen LogP contribution in [-0.2, 0) is 14.3 Å². The van der Waals surface area contributed by atoms with Crippen LogP contribution in [0.5, 0.6) is 0 Å². The highest BCUT2D eigenvalue weighted by Crippen LogP contribution is 2.09. The Morgan fingerprint density at radius 3 is 2.43 bits per heavy atom. The summed E-state index contributed by atoms with van der Waals surface area (Å²) in [6.45, 7) is 0.239. The third kappa shape index (κ3) is 7.12. The largest absolute Gasteiger partial charge is 0.479 e. The summed E-state index contributed by atoms with van der Waals surface area (Å²) in [5, 5.41) is 14.5. The molecule has 0 saturated carbocycles. The van der Waals surface area contributed by atoms with Crippen molar-refractivity contribution in [3.05, 3.63) is 34.9 Å². The zero-order valence-electron chi connectivity index (χ0n) is 12.7. The summed E-state index contributed by atoms with van der Waals surface area (Å²) in [5.74, 6) is -1.68. The van der Waals surface area contributed by atoms with E-state index in [0.29, 0.717) is 23.6 Å². The van der Waals surface area contributed by atoms with Gasteiger partial charge in [0.15, 0.2) is 6.10 Å². The molecule has 3 N–H and O–H groups in total. The molecule has 0 aliphatic carbocycles. The second-order valence-corrected chi connectivity index (χ2v) is 5.17. The van der Waals surface area contributed by atoms with Crippen LogP contribution in [0.25, 0.3) is 0 Å². The minimum absolute atomic E-state index is 0.0954. The van der Waals surface area contributed by atoms with Gasteiger partial charge in [0.05, 0.1) is 6.54 Å². The zero-order valence-corrected chi connectivity index (χ0v) is 13.4. The predicted molar refractivity (Wildman–Crippen MR) is 84.5 cm³/mol. The van der Waals surface area contributed by atoms with Gasteiger partial charge in [-0.05, 0) is 30.7 Å². The first kappa shape index (κ1) is 18.9. The van der Waals surface area contributed by atoms with Crippen molar-refractivity contribution in [3.8, 4) is 0 Å². The molecule has 0 aliphatic rings. The van der Waals surface area contributed by atoms with Gasteiger partial charge in [-0.1, -0.05) is 11.6 Å². The average molecular weight is 343 g/mol. The Bertz CT molecular complexity index is 547. The fraction of sp³-hybridized carbons (Fsp3) is 0.400. The van der Waals surface area contributed by atoms with Crippen LogP contribution in [0.15, 0.2) is 24.3 Å². The molecule has 0 heterocycles. The van der Waals surface area contributed by atoms with E-state index in [4.69, 9.17) is 21.4 Å². The van der Waals surface area contributed by atoms with Gasteiger partial charge in [0.25, 0.3) is 5.91 Å². The summed E-state index contributed by atoms with van der Waals surface area (Å²) in [6, 6.07) is 6.47. The molecule has 8 heteroatoms. The van der Waals surface area contributed by atoms with E-state index >= 15 is 0 Å². The monoisotopic (exact) mass is 342 g/mol. The first-order valence-corrected chi connectivity index (χ1v) is 7.38. The maximum atomic E-state index is 11.8. The van der Waals surface area contributed by atoms with E-state index < -0.39 is 12.1 Å². The Balaban J connectivity index is 2.21. The van der Waals surface area contributed by atoms with Crippen molar-refractivity contribution in [1.82, 2.24) is 10.6 Å². The van der Waals surface area contributed by atoms with Crippen molar-refractivity contribution in [3.63, 3.8) is 0 Å². The molecule has 23 heavy (non-hydrogen) atoms. The number of methoxy groups -OCH3 is 1. The lowest BCUT2D eigenvalue weighted by Crippen LogP contribution is -2.38. The van der Waals surface area contributed by atoms with E-state index in [0.717, 1.165) is 0 Å². The quantitative estimate of drug-likeness (QED) is 0.582. The van der Waals surface area contributed by atoms with Gasteiger partial charge in [-0.3, -0.25) is 9.59 Å². The molecule has 1 aromatic rings. The number of nitrogens with one attached hydrogen (secondary N) is 2. The SMILES string of the molecule is COC(CNC(=O)CCCNC(=O)c1ccc(Cl)cc1)C(=O)O. The van der Waals surface area contributed by atoms with Crippen molar-refractivity contribution in [2.24, 2.45) is 0 Å². The van der Waals surface area contributed by atoms with Gasteiger partial charge in [-0.15, -0.1) is 0 Å². The van der Waals surface area contributed by atoms with Crippen LogP contribution in [0.1, 0.15) is 23.2 Å². The number of hydrogen-bond donors (Lipinski definition) is 3. The van der Waals surface area contributed by atoms with Crippen LogP contribution < -0.4 is 10.6 Å². The molecule has 1 aromatic carbocycles. The molecular formula is C15H19ClN2O5. The normalized spacial score (nSPS) is 11.6. The molecule has 0 fully saturated rings. The van der Waals surface area contributed by atoms with Gasteiger partial charge < -0.3 is 20.5 Å². The maximum absolute atomic E-state index is 11.8. The van der Waals surface area contributed by atoms with Crippen LogP contribution in [0.3, 0.4) is 0 Å². The Hall–Kier alpha value is -2.12. The van der Waals surface area contributed by atoms with Crippen LogP contribution in [0.4, 0.5) is 0 Å². The minimum Gasteiger partial charge on any atom is -0.479 e. The van der Waals surface area contributed by atoms with E-state index in [1.807, 2.05) is 0 Å². The minimum atomic E-state index is -1.14. The second kappa shape index (κ2) is 9.81. The molecule has 2 amide bonds. The van der Waals surface area contributed by atoms with Crippen molar-refractivity contribution >= 4 is 29.4 Å². The van der Waals surface area contributed by atoms with Crippen LogP contribution in [-0.4, -0.2) is 49.2 Å². The van der Waals surface area contributed by atoms with Gasteiger partial charge in [0.2, 0.25) is 5.91 Å². The number of carbonyl (C=O) groups is 3. The number of hydrogen-bond acceptors (Lipinski definition) is 4. The summed E-state index contributed by atoms with van der Waals surface area (Å²) >= 11 is 5.74. The molecule has 0 aliphatic heterocycles. The molecule has 1 unspecified atom stereocenters. The molecule has 1 rings (SSSR count). The number of benzene rings is 1. The summed E-state index contributed by atoms with van der Waals surface area (Å²) < 4.78 is 4.70. The number of rotatable bonds is 9. The summed E-state index contributed by atoms with van der Waals surface area (Å²) in [7, 11) is 1.26. The fourth-order valence-corrected chi connectivity index (χ4v) is 1.85. The Morgan fingerprint density at radius 2 is 1.87 bits per heavy atom. The van der Waals surface area contributed by atoms with Gasteiger partial charge in [0.1, 0.15) is 0 Å². The summed E-state index contributed by atoms with van der Waals surface area (Å²) in [6.07, 6.45) is -0.448. The second-order valence-electron chi connectivity index (χ2n) is 4.73. The zero-order chi connectivity index (χ0) is 17.2. The highest BCUT2D eigenvalue weighted by molar-refractivity contribution is 6.30. The molecule has 0 radical (unpaired) electrons. The van der Waals surface area contributed by atoms with Crippen molar-refractivity contribution < 1.29 is 24.2 Å². The predicted octanol–water partition coefficient (Wildman–Crippen LogP) is 1.07. The topological polar surface area (TPSA) is 105 Å². The van der Waals surface area contributed by atoms with Crippen LogP contribution >= 0.6 is 11.6 Å². The first-order valence-electron chi connectivity index (χ1n) is 7.00. The smallest absolute Gasteiger partial charge is 0.334 e. The van der Waals surface area contributed by atoms with Crippen LogP contribution in [0, 0.1) is 0 Å². The van der Waals surface area contributed by atoms with Gasteiger partial charge in [-0.2, -0.15) is 0 Å². The lowest BCUT2D eigenvalue weighted by Gasteiger charge is -2.11. The fourth-order valence-electron chi connectivity index (χ4n) is 1.72. The van der Waals surface area contributed by atoms with Crippen LogP contribution in [0.2, 0.25) is 5.02 Å². The molecule has 0 saturated heterocycles. The number of aliphatic carboxylic acids is 1. The van der Waals surface area contributed by atoms with Crippen molar-refractivity contribution in [2.45, 2.75) is 18.9 Å². The highest BCUT2D eigenvalue weighted by atomic mass is 35.5.